The van der Waals surface area contributed by atoms with E-state index in [1.165, 1.54) is 18.4 Å². The molecule has 1 aromatic carbocycles. The third kappa shape index (κ3) is 9.94. The third-order valence-corrected chi connectivity index (χ3v) is 5.87. The maximum atomic E-state index is 12.2. The molecule has 1 heterocycles. The van der Waals surface area contributed by atoms with Gasteiger partial charge >= 0.3 is 0 Å². The van der Waals surface area contributed by atoms with Gasteiger partial charge in [-0.05, 0) is 70.3 Å². The van der Waals surface area contributed by atoms with E-state index in [2.05, 4.69) is 34.6 Å². The summed E-state index contributed by atoms with van der Waals surface area (Å²) in [6, 6.07) is 8.35. The molecule has 0 aromatic heterocycles. The Balaban J connectivity index is 0.00000512. The highest BCUT2D eigenvalue weighted by Crippen LogP contribution is 2.20. The maximum absolute atomic E-state index is 12.2. The molecule has 1 aromatic rings. The van der Waals surface area contributed by atoms with Gasteiger partial charge in [0.05, 0.1) is 7.11 Å². The summed E-state index contributed by atoms with van der Waals surface area (Å²) in [6.45, 7) is 13.1. The summed E-state index contributed by atoms with van der Waals surface area (Å²) < 4.78 is 5.24. The molecule has 0 spiro atoms. The number of aliphatic imine (C=N–C) groups is 1. The highest BCUT2D eigenvalue weighted by atomic mass is 127. The fourth-order valence-corrected chi connectivity index (χ4v) is 3.90. The number of guanidine groups is 1. The zero-order valence-electron chi connectivity index (χ0n) is 20.2. The molecular weight excluding hydrogens is 517 g/mol. The van der Waals surface area contributed by atoms with E-state index in [1.807, 2.05) is 30.9 Å². The number of nitrogens with one attached hydrogen (secondary N) is 2. The minimum absolute atomic E-state index is 0. The van der Waals surface area contributed by atoms with E-state index in [0.29, 0.717) is 18.9 Å². The van der Waals surface area contributed by atoms with Gasteiger partial charge in [0.15, 0.2) is 5.96 Å². The summed E-state index contributed by atoms with van der Waals surface area (Å²) >= 11 is 0. The summed E-state index contributed by atoms with van der Waals surface area (Å²) in [5, 5.41) is 6.61. The molecule has 0 bridgehead atoms. The van der Waals surface area contributed by atoms with E-state index in [-0.39, 0.29) is 29.9 Å². The Labute approximate surface area is 211 Å². The monoisotopic (exact) mass is 559 g/mol. The van der Waals surface area contributed by atoms with Crippen LogP contribution in [0.3, 0.4) is 0 Å². The largest absolute Gasteiger partial charge is 0.497 e. The van der Waals surface area contributed by atoms with Crippen molar-refractivity contribution < 1.29 is 9.53 Å². The average Bonchev–Trinajstić information content (AvgIpc) is 2.80. The molecule has 182 valence electrons. The second-order valence-electron chi connectivity index (χ2n) is 8.03. The molecule has 2 N–H and O–H groups in total. The second kappa shape index (κ2) is 16.1. The van der Waals surface area contributed by atoms with Crippen molar-refractivity contribution in [3.63, 3.8) is 0 Å². The Morgan fingerprint density at radius 1 is 1.12 bits per heavy atom. The Morgan fingerprint density at radius 2 is 1.78 bits per heavy atom. The van der Waals surface area contributed by atoms with E-state index in [1.54, 1.807) is 7.11 Å². The van der Waals surface area contributed by atoms with Gasteiger partial charge in [0.25, 0.3) is 0 Å². The molecule has 1 fully saturated rings. The van der Waals surface area contributed by atoms with Gasteiger partial charge in [-0.25, -0.2) is 0 Å². The van der Waals surface area contributed by atoms with Crippen LogP contribution in [0, 0.1) is 5.92 Å². The number of carbonyl (C=O) groups is 1. The number of rotatable bonds is 11. The molecule has 32 heavy (non-hydrogen) atoms. The van der Waals surface area contributed by atoms with Crippen LogP contribution in [0.1, 0.15) is 45.6 Å². The van der Waals surface area contributed by atoms with Crippen LogP contribution in [-0.2, 0) is 11.3 Å². The first-order valence-electron chi connectivity index (χ1n) is 11.7. The number of halogens is 1. The average molecular weight is 560 g/mol. The molecule has 0 radical (unpaired) electrons. The highest BCUT2D eigenvalue weighted by molar-refractivity contribution is 14.0. The molecular formula is C24H42IN5O2. The van der Waals surface area contributed by atoms with Crippen LogP contribution in [0.5, 0.6) is 5.75 Å². The number of amides is 1. The Morgan fingerprint density at radius 3 is 2.34 bits per heavy atom. The quantitative estimate of drug-likeness (QED) is 0.247. The predicted octanol–water partition coefficient (Wildman–Crippen LogP) is 3.34. The zero-order valence-corrected chi connectivity index (χ0v) is 22.6. The minimum Gasteiger partial charge on any atom is -0.497 e. The van der Waals surface area contributed by atoms with Crippen molar-refractivity contribution in [2.75, 3.05) is 52.9 Å². The first-order chi connectivity index (χ1) is 15.1. The standard InChI is InChI=1S/C24H41N5O2.HI/c1-5-25-24(26-15-12-23(30)29(6-2)7-3)27-18-20-13-16-28(17-14-20)19-21-8-10-22(31-4)11-9-21;/h8-11,20H,5-7,12-19H2,1-4H3,(H2,25,26,27);1H. The maximum Gasteiger partial charge on any atom is 0.224 e. The van der Waals surface area contributed by atoms with Crippen LogP contribution in [0.4, 0.5) is 0 Å². The summed E-state index contributed by atoms with van der Waals surface area (Å²) in [5.41, 5.74) is 1.33. The number of carbonyl (C=O) groups excluding carboxylic acids is 1. The number of hydrogen-bond donors (Lipinski definition) is 2. The summed E-state index contributed by atoms with van der Waals surface area (Å²) in [6.07, 6.45) is 2.83. The molecule has 0 aliphatic carbocycles. The number of benzene rings is 1. The predicted molar refractivity (Wildman–Crippen MR) is 143 cm³/mol. The van der Waals surface area contributed by atoms with E-state index in [0.717, 1.165) is 57.5 Å². The molecule has 1 aliphatic rings. The van der Waals surface area contributed by atoms with Gasteiger partial charge in [0, 0.05) is 45.7 Å². The molecule has 1 saturated heterocycles. The molecule has 0 unspecified atom stereocenters. The lowest BCUT2D eigenvalue weighted by Crippen LogP contribution is -2.40. The van der Waals surface area contributed by atoms with Crippen molar-refractivity contribution in [1.82, 2.24) is 20.4 Å². The number of ether oxygens (including phenoxy) is 1. The van der Waals surface area contributed by atoms with E-state index >= 15 is 0 Å². The van der Waals surface area contributed by atoms with Gasteiger partial charge in [-0.3, -0.25) is 14.7 Å². The zero-order chi connectivity index (χ0) is 22.5. The SMILES string of the molecule is CCNC(=NCC1CCN(Cc2ccc(OC)cc2)CC1)NCCC(=O)N(CC)CC.I. The Bertz CT molecular complexity index is 671. The molecule has 8 heteroatoms. The van der Waals surface area contributed by atoms with Gasteiger partial charge in [-0.1, -0.05) is 12.1 Å². The van der Waals surface area contributed by atoms with Crippen molar-refractivity contribution in [1.29, 1.82) is 0 Å². The first kappa shape index (κ1) is 28.5. The van der Waals surface area contributed by atoms with Crippen LogP contribution in [0.25, 0.3) is 0 Å². The Hall–Kier alpha value is -1.55. The number of piperidine rings is 1. The lowest BCUT2D eigenvalue weighted by Gasteiger charge is -2.31. The van der Waals surface area contributed by atoms with Gasteiger partial charge in [-0.15, -0.1) is 24.0 Å². The fourth-order valence-electron chi connectivity index (χ4n) is 3.90. The Kier molecular flexibility index (Phi) is 14.4. The van der Waals surface area contributed by atoms with Crippen molar-refractivity contribution in [2.45, 2.75) is 46.6 Å². The molecule has 0 saturated carbocycles. The normalized spacial score (nSPS) is 15.1. The van der Waals surface area contributed by atoms with Crippen molar-refractivity contribution in [2.24, 2.45) is 10.9 Å². The lowest BCUT2D eigenvalue weighted by atomic mass is 9.96. The summed E-state index contributed by atoms with van der Waals surface area (Å²) in [7, 11) is 1.70. The van der Waals surface area contributed by atoms with E-state index < -0.39 is 0 Å². The van der Waals surface area contributed by atoms with Crippen LogP contribution in [0.2, 0.25) is 0 Å². The summed E-state index contributed by atoms with van der Waals surface area (Å²) in [5.74, 6) is 2.52. The first-order valence-corrected chi connectivity index (χ1v) is 11.7. The molecule has 1 amide bonds. The van der Waals surface area contributed by atoms with Gasteiger partial charge in [-0.2, -0.15) is 0 Å². The topological polar surface area (TPSA) is 69.2 Å². The van der Waals surface area contributed by atoms with Gasteiger partial charge in [0.2, 0.25) is 5.91 Å². The number of hydrogen-bond acceptors (Lipinski definition) is 4. The van der Waals surface area contributed by atoms with Crippen molar-refractivity contribution in [3.8, 4) is 5.75 Å². The third-order valence-electron chi connectivity index (χ3n) is 5.87. The number of nitrogens with zero attached hydrogens (tertiary/aromatic N) is 3. The van der Waals surface area contributed by atoms with Crippen LogP contribution in [-0.4, -0.2) is 74.6 Å². The smallest absolute Gasteiger partial charge is 0.224 e. The van der Waals surface area contributed by atoms with E-state index in [4.69, 9.17) is 9.73 Å². The molecule has 0 atom stereocenters. The second-order valence-corrected chi connectivity index (χ2v) is 8.03. The molecule has 7 nitrogen and oxygen atoms in total. The number of likely N-dealkylation sites (tertiary alicyclic amines) is 1. The van der Waals surface area contributed by atoms with Crippen molar-refractivity contribution in [3.05, 3.63) is 29.8 Å². The number of methoxy groups -OCH3 is 1. The molecule has 2 rings (SSSR count). The fraction of sp³-hybridized carbons (Fsp3) is 0.667. The van der Waals surface area contributed by atoms with Crippen molar-refractivity contribution >= 4 is 35.8 Å². The minimum atomic E-state index is 0. The van der Waals surface area contributed by atoms with E-state index in [9.17, 15) is 4.79 Å². The van der Waals surface area contributed by atoms with Crippen LogP contribution < -0.4 is 15.4 Å². The lowest BCUT2D eigenvalue weighted by molar-refractivity contribution is -0.130. The summed E-state index contributed by atoms with van der Waals surface area (Å²) in [4.78, 5) is 21.3. The highest BCUT2D eigenvalue weighted by Gasteiger charge is 2.19. The van der Waals surface area contributed by atoms with Gasteiger partial charge in [0.1, 0.15) is 5.75 Å². The van der Waals surface area contributed by atoms with Gasteiger partial charge < -0.3 is 20.3 Å². The molecule has 1 aliphatic heterocycles. The van der Waals surface area contributed by atoms with Crippen LogP contribution >= 0.6 is 24.0 Å². The van der Waals surface area contributed by atoms with Crippen LogP contribution in [0.15, 0.2) is 29.3 Å².